The predicted molar refractivity (Wildman–Crippen MR) is 127 cm³/mol. The first-order valence-corrected chi connectivity index (χ1v) is 12.5. The van der Waals surface area contributed by atoms with Gasteiger partial charge in [0.2, 0.25) is 10.0 Å². The lowest BCUT2D eigenvalue weighted by molar-refractivity contribution is 0.384. The molecule has 31 heavy (non-hydrogen) atoms. The number of fused-ring (bicyclic) bond motifs is 3. The van der Waals surface area contributed by atoms with Crippen LogP contribution in [0.5, 0.6) is 0 Å². The van der Waals surface area contributed by atoms with Crippen LogP contribution >= 0.6 is 15.9 Å². The number of halogens is 1. The molecule has 0 atom stereocenters. The second-order valence-corrected chi connectivity index (χ2v) is 10.8. The van der Waals surface area contributed by atoms with E-state index in [0.29, 0.717) is 31.1 Å². The van der Waals surface area contributed by atoms with E-state index in [0.717, 1.165) is 38.0 Å². The Hall–Kier alpha value is -2.42. The van der Waals surface area contributed by atoms with Crippen LogP contribution in [0.2, 0.25) is 0 Å². The number of piperazine rings is 1. The van der Waals surface area contributed by atoms with Gasteiger partial charge < -0.3 is 9.30 Å². The minimum absolute atomic E-state index is 0.367. The molecule has 1 aliphatic heterocycles. The number of benzene rings is 2. The fourth-order valence-electron chi connectivity index (χ4n) is 4.13. The van der Waals surface area contributed by atoms with Gasteiger partial charge >= 0.3 is 0 Å². The van der Waals surface area contributed by atoms with Crippen molar-refractivity contribution in [2.24, 2.45) is 0 Å². The van der Waals surface area contributed by atoms with Crippen LogP contribution < -0.4 is 4.90 Å². The van der Waals surface area contributed by atoms with E-state index in [1.165, 1.54) is 0 Å². The van der Waals surface area contributed by atoms with Crippen molar-refractivity contribution in [3.05, 3.63) is 70.3 Å². The standard InChI is InChI=1S/C23H23BrN4O2S/c1-16-5-7-19(14-17(16)2)31(29,30)27-12-10-26(11-13-27)23-22-4-3-9-28(22)21-8-6-18(24)15-20(21)25-23/h3-9,14-15H,10-13H2,1-2H3. The SMILES string of the molecule is Cc1ccc(S(=O)(=O)N2CCN(c3nc4cc(Br)ccc4n4cccc34)CC2)cc1C. The number of rotatable bonds is 3. The molecular weight excluding hydrogens is 476 g/mol. The molecule has 160 valence electrons. The van der Waals surface area contributed by atoms with Crippen molar-refractivity contribution in [3.8, 4) is 0 Å². The van der Waals surface area contributed by atoms with Crippen molar-refractivity contribution in [2.45, 2.75) is 18.7 Å². The lowest BCUT2D eigenvalue weighted by Crippen LogP contribution is -2.49. The van der Waals surface area contributed by atoms with Gasteiger partial charge in [-0.2, -0.15) is 4.31 Å². The van der Waals surface area contributed by atoms with E-state index in [2.05, 4.69) is 37.4 Å². The van der Waals surface area contributed by atoms with Gasteiger partial charge in [0.25, 0.3) is 0 Å². The third-order valence-electron chi connectivity index (χ3n) is 6.06. The first kappa shape index (κ1) is 20.5. The molecule has 1 saturated heterocycles. The smallest absolute Gasteiger partial charge is 0.243 e. The monoisotopic (exact) mass is 498 g/mol. The molecule has 4 aromatic rings. The molecule has 0 spiro atoms. The molecule has 1 fully saturated rings. The highest BCUT2D eigenvalue weighted by atomic mass is 79.9. The second-order valence-electron chi connectivity index (χ2n) is 7.97. The molecule has 0 aliphatic carbocycles. The first-order chi connectivity index (χ1) is 14.8. The maximum Gasteiger partial charge on any atom is 0.243 e. The number of sulfonamides is 1. The maximum absolute atomic E-state index is 13.2. The number of aryl methyl sites for hydroxylation is 2. The summed E-state index contributed by atoms with van der Waals surface area (Å²) < 4.78 is 31.0. The topological polar surface area (TPSA) is 57.9 Å². The van der Waals surface area contributed by atoms with Crippen molar-refractivity contribution >= 4 is 48.3 Å². The lowest BCUT2D eigenvalue weighted by atomic mass is 10.1. The molecule has 1 aliphatic rings. The molecule has 2 aromatic carbocycles. The van der Waals surface area contributed by atoms with Crippen LogP contribution in [0.25, 0.3) is 16.6 Å². The number of hydrogen-bond donors (Lipinski definition) is 0. The summed E-state index contributed by atoms with van der Waals surface area (Å²) in [7, 11) is -3.50. The minimum atomic E-state index is -3.50. The Kier molecular flexibility index (Phi) is 5.03. The maximum atomic E-state index is 13.2. The molecule has 2 aromatic heterocycles. The molecule has 0 N–H and O–H groups in total. The van der Waals surface area contributed by atoms with E-state index in [4.69, 9.17) is 4.98 Å². The van der Waals surface area contributed by atoms with Crippen molar-refractivity contribution in [2.75, 3.05) is 31.1 Å². The van der Waals surface area contributed by atoms with Gasteiger partial charge in [0.1, 0.15) is 0 Å². The molecule has 5 rings (SSSR count). The summed E-state index contributed by atoms with van der Waals surface area (Å²) in [5, 5.41) is 0. The Bertz CT molecular complexity index is 1410. The zero-order valence-electron chi connectivity index (χ0n) is 17.4. The fraction of sp³-hybridized carbons (Fsp3) is 0.261. The molecular formula is C23H23BrN4O2S. The van der Waals surface area contributed by atoms with E-state index in [1.54, 1.807) is 16.4 Å². The van der Waals surface area contributed by atoms with Crippen LogP contribution in [0.15, 0.2) is 64.1 Å². The average molecular weight is 499 g/mol. The van der Waals surface area contributed by atoms with Gasteiger partial charge in [-0.1, -0.05) is 22.0 Å². The lowest BCUT2D eigenvalue weighted by Gasteiger charge is -2.35. The average Bonchev–Trinajstić information content (AvgIpc) is 3.25. The van der Waals surface area contributed by atoms with E-state index < -0.39 is 10.0 Å². The van der Waals surface area contributed by atoms with E-state index >= 15 is 0 Å². The predicted octanol–water partition coefficient (Wildman–Crippen LogP) is 4.38. The minimum Gasteiger partial charge on any atom is -0.352 e. The highest BCUT2D eigenvalue weighted by molar-refractivity contribution is 9.10. The molecule has 0 saturated carbocycles. The van der Waals surface area contributed by atoms with Crippen LogP contribution in [0, 0.1) is 13.8 Å². The number of anilines is 1. The fourth-order valence-corrected chi connectivity index (χ4v) is 5.99. The molecule has 8 heteroatoms. The van der Waals surface area contributed by atoms with Gasteiger partial charge in [-0.15, -0.1) is 0 Å². The summed E-state index contributed by atoms with van der Waals surface area (Å²) in [5.41, 5.74) is 5.05. The first-order valence-electron chi connectivity index (χ1n) is 10.2. The zero-order valence-corrected chi connectivity index (χ0v) is 19.8. The van der Waals surface area contributed by atoms with Crippen molar-refractivity contribution in [1.82, 2.24) is 13.7 Å². The normalized spacial score (nSPS) is 15.8. The quantitative estimate of drug-likeness (QED) is 0.420. The highest BCUT2D eigenvalue weighted by Gasteiger charge is 2.30. The molecule has 0 bridgehead atoms. The van der Waals surface area contributed by atoms with Gasteiger partial charge in [0.05, 0.1) is 21.4 Å². The zero-order chi connectivity index (χ0) is 21.8. The molecule has 3 heterocycles. The van der Waals surface area contributed by atoms with E-state index in [-0.39, 0.29) is 0 Å². The van der Waals surface area contributed by atoms with Crippen molar-refractivity contribution < 1.29 is 8.42 Å². The third-order valence-corrected chi connectivity index (χ3v) is 8.44. The van der Waals surface area contributed by atoms with Crippen LogP contribution in [0.4, 0.5) is 5.82 Å². The van der Waals surface area contributed by atoms with Gasteiger partial charge in [-0.05, 0) is 67.4 Å². The Morgan fingerprint density at radius 3 is 2.42 bits per heavy atom. The Labute approximate surface area is 190 Å². The third kappa shape index (κ3) is 3.52. The molecule has 0 radical (unpaired) electrons. The Balaban J connectivity index is 1.44. The second kappa shape index (κ2) is 7.62. The van der Waals surface area contributed by atoms with Crippen LogP contribution in [0.3, 0.4) is 0 Å². The largest absolute Gasteiger partial charge is 0.352 e. The van der Waals surface area contributed by atoms with Gasteiger partial charge in [0, 0.05) is 36.8 Å². The number of nitrogens with zero attached hydrogens (tertiary/aromatic N) is 4. The van der Waals surface area contributed by atoms with E-state index in [1.807, 2.05) is 44.3 Å². The van der Waals surface area contributed by atoms with Crippen LogP contribution in [0.1, 0.15) is 11.1 Å². The summed E-state index contributed by atoms with van der Waals surface area (Å²) in [6.45, 7) is 5.98. The van der Waals surface area contributed by atoms with E-state index in [9.17, 15) is 8.42 Å². The highest BCUT2D eigenvalue weighted by Crippen LogP contribution is 2.29. The summed E-state index contributed by atoms with van der Waals surface area (Å²) in [4.78, 5) is 7.48. The van der Waals surface area contributed by atoms with Crippen molar-refractivity contribution in [3.63, 3.8) is 0 Å². The molecule has 0 amide bonds. The summed E-state index contributed by atoms with van der Waals surface area (Å²) in [5.74, 6) is 0.888. The number of hydrogen-bond acceptors (Lipinski definition) is 4. The van der Waals surface area contributed by atoms with Crippen LogP contribution in [-0.4, -0.2) is 48.3 Å². The van der Waals surface area contributed by atoms with Gasteiger partial charge in [0.15, 0.2) is 5.82 Å². The summed E-state index contributed by atoms with van der Waals surface area (Å²) in [6, 6.07) is 15.5. The number of aromatic nitrogens is 2. The Morgan fingerprint density at radius 1 is 0.903 bits per heavy atom. The summed E-state index contributed by atoms with van der Waals surface area (Å²) in [6.07, 6.45) is 2.04. The Morgan fingerprint density at radius 2 is 1.68 bits per heavy atom. The molecule has 0 unspecified atom stereocenters. The molecule has 6 nitrogen and oxygen atoms in total. The van der Waals surface area contributed by atoms with Gasteiger partial charge in [-0.25, -0.2) is 13.4 Å². The van der Waals surface area contributed by atoms with Gasteiger partial charge in [-0.3, -0.25) is 0 Å². The van der Waals surface area contributed by atoms with Crippen molar-refractivity contribution in [1.29, 1.82) is 0 Å². The summed E-state index contributed by atoms with van der Waals surface area (Å²) >= 11 is 3.53. The van der Waals surface area contributed by atoms with Crippen LogP contribution in [-0.2, 0) is 10.0 Å².